The molecule has 0 saturated carbocycles. The zero-order valence-electron chi connectivity index (χ0n) is 10.6. The van der Waals surface area contributed by atoms with E-state index in [2.05, 4.69) is 21.6 Å². The molecule has 0 radical (unpaired) electrons. The molecule has 3 rings (SSSR count). The van der Waals surface area contributed by atoms with Gasteiger partial charge in [0, 0.05) is 16.7 Å². The molecule has 1 fully saturated rings. The normalized spacial score (nSPS) is 20.2. The molecule has 2 aliphatic heterocycles. The number of piperidine rings is 1. The molecule has 0 amide bonds. The molecule has 1 saturated heterocycles. The third-order valence-corrected chi connectivity index (χ3v) is 3.89. The lowest BCUT2D eigenvalue weighted by Gasteiger charge is -2.39. The molecule has 102 valence electrons. The molecule has 2 aliphatic rings. The summed E-state index contributed by atoms with van der Waals surface area (Å²) in [6.07, 6.45) is 1.68. The van der Waals surface area contributed by atoms with Crippen LogP contribution in [0, 0.1) is 18.3 Å². The minimum atomic E-state index is -0.339. The Morgan fingerprint density at radius 2 is 2.11 bits per heavy atom. The molecule has 6 nitrogen and oxygen atoms in total. The molecule has 3 heterocycles. The van der Waals surface area contributed by atoms with Crippen LogP contribution in [0.5, 0.6) is 5.88 Å². The van der Waals surface area contributed by atoms with Crippen LogP contribution in [-0.4, -0.2) is 23.3 Å². The third-order valence-electron chi connectivity index (χ3n) is 3.89. The van der Waals surface area contributed by atoms with Crippen molar-refractivity contribution in [3.63, 3.8) is 0 Å². The predicted molar refractivity (Wildman–Crippen MR) is 64.6 cm³/mol. The van der Waals surface area contributed by atoms with E-state index in [0.717, 1.165) is 37.2 Å². The maximum absolute atomic E-state index is 9.41. The van der Waals surface area contributed by atoms with Crippen LogP contribution in [0.3, 0.4) is 0 Å². The van der Waals surface area contributed by atoms with Crippen LogP contribution in [0.1, 0.15) is 24.1 Å². The van der Waals surface area contributed by atoms with Gasteiger partial charge in [-0.05, 0) is 32.9 Å². The van der Waals surface area contributed by atoms with Gasteiger partial charge in [0.1, 0.15) is 11.6 Å². The zero-order valence-corrected chi connectivity index (χ0v) is 11.3. The highest BCUT2D eigenvalue weighted by molar-refractivity contribution is 5.54. The van der Waals surface area contributed by atoms with Crippen molar-refractivity contribution in [3.8, 4) is 11.9 Å². The van der Waals surface area contributed by atoms with Crippen molar-refractivity contribution >= 4 is 0 Å². The summed E-state index contributed by atoms with van der Waals surface area (Å²) in [6.45, 7) is 3.68. The van der Waals surface area contributed by atoms with Crippen molar-refractivity contribution in [2.24, 2.45) is 5.73 Å². The smallest absolute Gasteiger partial charge is 0.244 e. The number of nitrogens with one attached hydrogen (secondary N) is 2. The number of aromatic nitrogens is 2. The van der Waals surface area contributed by atoms with Crippen molar-refractivity contribution in [2.45, 2.75) is 25.2 Å². The van der Waals surface area contributed by atoms with Crippen LogP contribution in [0.4, 0.5) is 0 Å². The lowest BCUT2D eigenvalue weighted by molar-refractivity contribution is -0.00000522. The summed E-state index contributed by atoms with van der Waals surface area (Å²) in [5, 5.41) is 19.8. The van der Waals surface area contributed by atoms with E-state index in [1.54, 1.807) is 0 Å². The Bertz CT molecular complexity index is 565. The van der Waals surface area contributed by atoms with E-state index >= 15 is 0 Å². The molecule has 0 atom stereocenters. The van der Waals surface area contributed by atoms with E-state index in [1.807, 2.05) is 6.92 Å². The number of fused-ring (bicyclic) bond motifs is 2. The Labute approximate surface area is 117 Å². The Hall–Kier alpha value is -1.71. The van der Waals surface area contributed by atoms with Gasteiger partial charge in [-0.2, -0.15) is 5.26 Å². The number of hydrogen-bond donors (Lipinski definition) is 3. The minimum Gasteiger partial charge on any atom is -1.00 e. The summed E-state index contributed by atoms with van der Waals surface area (Å²) >= 11 is 0. The van der Waals surface area contributed by atoms with Gasteiger partial charge in [0.05, 0.1) is 0 Å². The molecular formula is C12H15ClN5O-. The SMILES string of the molecule is Cc1[nH]nc2c1C1(CCNCC1)C(C#N)=C(N)O2.[Cl-]. The van der Waals surface area contributed by atoms with Crippen LogP contribution < -0.4 is 28.2 Å². The van der Waals surface area contributed by atoms with Gasteiger partial charge >= 0.3 is 0 Å². The Morgan fingerprint density at radius 1 is 1.42 bits per heavy atom. The first-order chi connectivity index (χ1) is 8.69. The zero-order chi connectivity index (χ0) is 12.8. The molecule has 0 aliphatic carbocycles. The van der Waals surface area contributed by atoms with Gasteiger partial charge in [0.2, 0.25) is 11.8 Å². The topological polar surface area (TPSA) is 99.8 Å². The summed E-state index contributed by atoms with van der Waals surface area (Å²) in [6, 6.07) is 2.23. The largest absolute Gasteiger partial charge is 1.00 e. The number of nitrogens with zero attached hydrogens (tertiary/aromatic N) is 2. The highest BCUT2D eigenvalue weighted by Gasteiger charge is 2.47. The third kappa shape index (κ3) is 1.78. The molecule has 0 unspecified atom stereocenters. The number of H-pyrrole nitrogens is 1. The first-order valence-electron chi connectivity index (χ1n) is 6.03. The number of aromatic amines is 1. The van der Waals surface area contributed by atoms with Crippen molar-refractivity contribution in [3.05, 3.63) is 22.7 Å². The molecule has 0 bridgehead atoms. The van der Waals surface area contributed by atoms with Gasteiger partial charge in [-0.1, -0.05) is 0 Å². The van der Waals surface area contributed by atoms with Crippen molar-refractivity contribution in [1.82, 2.24) is 15.5 Å². The van der Waals surface area contributed by atoms with Gasteiger partial charge in [-0.3, -0.25) is 5.10 Å². The summed E-state index contributed by atoms with van der Waals surface area (Å²) in [5.41, 5.74) is 8.03. The van der Waals surface area contributed by atoms with E-state index in [9.17, 15) is 5.26 Å². The molecule has 4 N–H and O–H groups in total. The second kappa shape index (κ2) is 4.76. The van der Waals surface area contributed by atoms with Gasteiger partial charge in [-0.15, -0.1) is 5.10 Å². The van der Waals surface area contributed by atoms with Gasteiger partial charge in [0.25, 0.3) is 0 Å². The van der Waals surface area contributed by atoms with E-state index in [1.165, 1.54) is 0 Å². The lowest BCUT2D eigenvalue weighted by Crippen LogP contribution is -3.00. The average molecular weight is 281 g/mol. The van der Waals surface area contributed by atoms with Crippen molar-refractivity contribution in [1.29, 1.82) is 5.26 Å². The second-order valence-electron chi connectivity index (χ2n) is 4.81. The number of aryl methyl sites for hydroxylation is 1. The van der Waals surface area contributed by atoms with Crippen LogP contribution in [0.2, 0.25) is 0 Å². The molecular weight excluding hydrogens is 266 g/mol. The molecule has 0 aromatic carbocycles. The van der Waals surface area contributed by atoms with Crippen LogP contribution in [-0.2, 0) is 5.41 Å². The van der Waals surface area contributed by atoms with Gasteiger partial charge in [-0.25, -0.2) is 0 Å². The minimum absolute atomic E-state index is 0. The average Bonchev–Trinajstić information content (AvgIpc) is 2.73. The number of halogens is 1. The van der Waals surface area contributed by atoms with Crippen LogP contribution in [0.15, 0.2) is 11.5 Å². The van der Waals surface area contributed by atoms with E-state index < -0.39 is 0 Å². The first kappa shape index (κ1) is 13.7. The molecule has 1 spiro atoms. The standard InChI is InChI=1S/C12H15N5O.ClH/c1-7-9-11(17-16-7)18-10(14)8(6-13)12(9)2-4-15-5-3-12;/h15H,2-5,14H2,1H3,(H,16,17);1H/p-1. The fraction of sp³-hybridized carbons (Fsp3) is 0.500. The monoisotopic (exact) mass is 280 g/mol. The molecule has 1 aromatic heterocycles. The van der Waals surface area contributed by atoms with E-state index in [4.69, 9.17) is 10.5 Å². The summed E-state index contributed by atoms with van der Waals surface area (Å²) in [5.74, 6) is 0.712. The summed E-state index contributed by atoms with van der Waals surface area (Å²) in [7, 11) is 0. The van der Waals surface area contributed by atoms with Gasteiger partial charge < -0.3 is 28.2 Å². The quantitative estimate of drug-likeness (QED) is 0.485. The Kier molecular flexibility index (Phi) is 3.43. The maximum atomic E-state index is 9.41. The number of hydrogen-bond acceptors (Lipinski definition) is 5. The number of nitrogens with two attached hydrogens (primary N) is 1. The van der Waals surface area contributed by atoms with Crippen LogP contribution in [0.25, 0.3) is 0 Å². The van der Waals surface area contributed by atoms with Crippen LogP contribution >= 0.6 is 0 Å². The second-order valence-corrected chi connectivity index (χ2v) is 4.81. The Balaban J connectivity index is 0.00000133. The molecule has 19 heavy (non-hydrogen) atoms. The van der Waals surface area contributed by atoms with E-state index in [-0.39, 0.29) is 23.7 Å². The number of rotatable bonds is 0. The van der Waals surface area contributed by atoms with Gasteiger partial charge in [0.15, 0.2) is 0 Å². The molecule has 7 heteroatoms. The van der Waals surface area contributed by atoms with E-state index in [0.29, 0.717) is 11.5 Å². The summed E-state index contributed by atoms with van der Waals surface area (Å²) in [4.78, 5) is 0. The number of allylic oxidation sites excluding steroid dienone is 1. The fourth-order valence-electron chi connectivity index (χ4n) is 3.08. The van der Waals surface area contributed by atoms with Crippen molar-refractivity contribution in [2.75, 3.05) is 13.1 Å². The highest BCUT2D eigenvalue weighted by Crippen LogP contribution is 2.48. The van der Waals surface area contributed by atoms with Crippen molar-refractivity contribution < 1.29 is 17.1 Å². The Morgan fingerprint density at radius 3 is 2.74 bits per heavy atom. The summed E-state index contributed by atoms with van der Waals surface area (Å²) < 4.78 is 5.46. The number of ether oxygens (including phenoxy) is 1. The lowest BCUT2D eigenvalue weighted by atomic mass is 9.67. The first-order valence-corrected chi connectivity index (χ1v) is 6.03. The molecule has 1 aromatic rings. The maximum Gasteiger partial charge on any atom is 0.244 e. The fourth-order valence-corrected chi connectivity index (χ4v) is 3.08. The highest BCUT2D eigenvalue weighted by atomic mass is 35.5. The predicted octanol–water partition coefficient (Wildman–Crippen LogP) is -2.57. The number of nitriles is 1.